The van der Waals surface area contributed by atoms with Gasteiger partial charge in [-0.3, -0.25) is 13.9 Å². The molecule has 0 aliphatic heterocycles. The maximum Gasteiger partial charge on any atom is 0.244 e. The summed E-state index contributed by atoms with van der Waals surface area (Å²) in [7, 11) is -2.31. The number of likely N-dealkylation sites (N-methyl/N-ethyl adjacent to an activating group) is 1. The maximum atomic E-state index is 13.3. The molecule has 1 atom stereocenters. The molecule has 2 amide bonds. The van der Waals surface area contributed by atoms with Crippen LogP contribution >= 0.6 is 0 Å². The number of carbonyl (C=O) groups excluding carboxylic acids is 2. The molecule has 9 heteroatoms. The van der Waals surface area contributed by atoms with E-state index in [1.807, 2.05) is 13.8 Å². The fraction of sp³-hybridized carbons (Fsp3) is 0.364. The van der Waals surface area contributed by atoms with Crippen LogP contribution in [0.4, 0.5) is 10.1 Å². The summed E-state index contributed by atoms with van der Waals surface area (Å²) in [5.41, 5.74) is 2.87. The minimum absolute atomic E-state index is 0.0260. The van der Waals surface area contributed by atoms with Gasteiger partial charge in [0.15, 0.2) is 0 Å². The van der Waals surface area contributed by atoms with E-state index in [0.717, 1.165) is 21.7 Å². The van der Waals surface area contributed by atoms with Crippen molar-refractivity contribution in [3.8, 4) is 0 Å². The Morgan fingerprint density at radius 1 is 1.06 bits per heavy atom. The van der Waals surface area contributed by atoms with Crippen LogP contribution in [0.5, 0.6) is 0 Å². The Kier molecular flexibility index (Phi) is 7.78. The Morgan fingerprint density at radius 3 is 2.19 bits per heavy atom. The molecule has 0 saturated heterocycles. The minimum Gasteiger partial charge on any atom is -0.357 e. The molecule has 1 unspecified atom stereocenters. The molecule has 0 aromatic heterocycles. The zero-order valence-electron chi connectivity index (χ0n) is 18.3. The first-order chi connectivity index (χ1) is 14.4. The smallest absolute Gasteiger partial charge is 0.244 e. The van der Waals surface area contributed by atoms with Crippen LogP contribution in [0.15, 0.2) is 42.5 Å². The molecule has 2 aromatic carbocycles. The van der Waals surface area contributed by atoms with Gasteiger partial charge in [0, 0.05) is 13.6 Å². The highest BCUT2D eigenvalue weighted by atomic mass is 32.2. The van der Waals surface area contributed by atoms with Crippen LogP contribution in [0.25, 0.3) is 0 Å². The summed E-state index contributed by atoms with van der Waals surface area (Å²) in [6.07, 6.45) is 1.03. The molecule has 0 saturated carbocycles. The van der Waals surface area contributed by atoms with Crippen molar-refractivity contribution in [2.24, 2.45) is 0 Å². The van der Waals surface area contributed by atoms with Crippen LogP contribution in [-0.4, -0.2) is 51.0 Å². The van der Waals surface area contributed by atoms with Crippen molar-refractivity contribution in [3.05, 3.63) is 65.0 Å². The third kappa shape index (κ3) is 6.27. The number of anilines is 1. The Bertz CT molecular complexity index is 1050. The van der Waals surface area contributed by atoms with E-state index >= 15 is 0 Å². The van der Waals surface area contributed by atoms with Crippen molar-refractivity contribution in [1.82, 2.24) is 10.2 Å². The third-order valence-electron chi connectivity index (χ3n) is 5.14. The number of carbonyl (C=O) groups is 2. The number of benzene rings is 2. The summed E-state index contributed by atoms with van der Waals surface area (Å²) in [4.78, 5) is 26.7. The number of rotatable bonds is 8. The van der Waals surface area contributed by atoms with E-state index in [1.54, 1.807) is 25.1 Å². The Balaban J connectivity index is 2.39. The average Bonchev–Trinajstić information content (AvgIpc) is 2.71. The van der Waals surface area contributed by atoms with Crippen molar-refractivity contribution < 1.29 is 22.4 Å². The molecule has 0 aliphatic carbocycles. The fourth-order valence-corrected chi connectivity index (χ4v) is 3.91. The van der Waals surface area contributed by atoms with Crippen molar-refractivity contribution >= 4 is 27.5 Å². The van der Waals surface area contributed by atoms with Crippen LogP contribution < -0.4 is 9.62 Å². The predicted molar refractivity (Wildman–Crippen MR) is 119 cm³/mol. The molecule has 0 bridgehead atoms. The lowest BCUT2D eigenvalue weighted by Crippen LogP contribution is -2.50. The van der Waals surface area contributed by atoms with Crippen molar-refractivity contribution in [1.29, 1.82) is 0 Å². The van der Waals surface area contributed by atoms with Gasteiger partial charge in [-0.1, -0.05) is 18.2 Å². The lowest BCUT2D eigenvalue weighted by atomic mass is 10.1. The van der Waals surface area contributed by atoms with E-state index in [1.165, 1.54) is 36.2 Å². The molecule has 1 N–H and O–H groups in total. The minimum atomic E-state index is -3.77. The molecule has 2 aromatic rings. The second-order valence-electron chi connectivity index (χ2n) is 7.48. The van der Waals surface area contributed by atoms with Gasteiger partial charge in [0.05, 0.1) is 11.9 Å². The highest BCUT2D eigenvalue weighted by Crippen LogP contribution is 2.22. The molecule has 31 heavy (non-hydrogen) atoms. The molecule has 0 spiro atoms. The Morgan fingerprint density at radius 2 is 1.68 bits per heavy atom. The van der Waals surface area contributed by atoms with E-state index in [9.17, 15) is 22.4 Å². The van der Waals surface area contributed by atoms with E-state index in [-0.39, 0.29) is 6.54 Å². The summed E-state index contributed by atoms with van der Waals surface area (Å²) in [6.45, 7) is 4.88. The molecule has 0 fully saturated rings. The Hall–Kier alpha value is -2.94. The van der Waals surface area contributed by atoms with Gasteiger partial charge in [0.25, 0.3) is 0 Å². The number of hydrogen-bond acceptors (Lipinski definition) is 4. The second-order valence-corrected chi connectivity index (χ2v) is 9.38. The van der Waals surface area contributed by atoms with Gasteiger partial charge in [-0.15, -0.1) is 0 Å². The van der Waals surface area contributed by atoms with Gasteiger partial charge >= 0.3 is 0 Å². The summed E-state index contributed by atoms with van der Waals surface area (Å²) in [5.74, 6) is -1.37. The molecular weight excluding hydrogens is 421 g/mol. The lowest BCUT2D eigenvalue weighted by Gasteiger charge is -2.31. The van der Waals surface area contributed by atoms with Gasteiger partial charge in [-0.25, -0.2) is 12.8 Å². The number of sulfonamides is 1. The van der Waals surface area contributed by atoms with E-state index in [2.05, 4.69) is 5.32 Å². The van der Waals surface area contributed by atoms with Crippen LogP contribution in [0.2, 0.25) is 0 Å². The van der Waals surface area contributed by atoms with E-state index < -0.39 is 40.2 Å². The monoisotopic (exact) mass is 449 g/mol. The first-order valence-corrected chi connectivity index (χ1v) is 11.6. The predicted octanol–water partition coefficient (Wildman–Crippen LogP) is 2.37. The van der Waals surface area contributed by atoms with Gasteiger partial charge in [0.2, 0.25) is 21.8 Å². The normalized spacial score (nSPS) is 12.2. The van der Waals surface area contributed by atoms with Crippen LogP contribution in [0.1, 0.15) is 23.6 Å². The molecule has 0 aliphatic rings. The fourth-order valence-electron chi connectivity index (χ4n) is 3.07. The number of nitrogens with one attached hydrogen (secondary N) is 1. The van der Waals surface area contributed by atoms with Gasteiger partial charge in [-0.05, 0) is 61.7 Å². The molecule has 7 nitrogen and oxygen atoms in total. The Labute approximate surface area is 182 Å². The second kappa shape index (κ2) is 9.91. The number of nitrogens with zero attached hydrogens (tertiary/aromatic N) is 2. The molecular formula is C22H28FN3O4S. The average molecular weight is 450 g/mol. The van der Waals surface area contributed by atoms with E-state index in [4.69, 9.17) is 0 Å². The SMILES string of the molecule is CNC(=O)C(C)N(Cc1ccc(F)cc1)C(=O)CN(c1ccc(C)c(C)c1)S(C)(=O)=O. The first-order valence-electron chi connectivity index (χ1n) is 9.74. The number of halogens is 1. The summed E-state index contributed by atoms with van der Waals surface area (Å²) in [6, 6.07) is 9.84. The molecule has 0 heterocycles. The number of aryl methyl sites for hydroxylation is 2. The summed E-state index contributed by atoms with van der Waals surface area (Å²) in [5, 5.41) is 2.50. The summed E-state index contributed by atoms with van der Waals surface area (Å²) >= 11 is 0. The largest absolute Gasteiger partial charge is 0.357 e. The zero-order chi connectivity index (χ0) is 23.3. The topological polar surface area (TPSA) is 86.8 Å². The van der Waals surface area contributed by atoms with E-state index in [0.29, 0.717) is 11.3 Å². The number of amides is 2. The van der Waals surface area contributed by atoms with Crippen molar-refractivity contribution in [3.63, 3.8) is 0 Å². The molecule has 2 rings (SSSR count). The standard InChI is InChI=1S/C22H28FN3O4S/c1-15-6-11-20(12-16(15)2)26(31(5,29)30)14-21(27)25(17(3)22(28)24-4)13-18-7-9-19(23)10-8-18/h6-12,17H,13-14H2,1-5H3,(H,24,28). The zero-order valence-corrected chi connectivity index (χ0v) is 19.2. The van der Waals surface area contributed by atoms with Gasteiger partial charge in [0.1, 0.15) is 18.4 Å². The van der Waals surface area contributed by atoms with Crippen LogP contribution in [0.3, 0.4) is 0 Å². The number of hydrogen-bond donors (Lipinski definition) is 1. The van der Waals surface area contributed by atoms with Crippen molar-refractivity contribution in [2.75, 3.05) is 24.2 Å². The summed E-state index contributed by atoms with van der Waals surface area (Å²) < 4.78 is 39.2. The first kappa shape index (κ1) is 24.3. The molecule has 168 valence electrons. The van der Waals surface area contributed by atoms with Gasteiger partial charge < -0.3 is 10.2 Å². The maximum absolute atomic E-state index is 13.3. The van der Waals surface area contributed by atoms with Gasteiger partial charge in [-0.2, -0.15) is 0 Å². The highest BCUT2D eigenvalue weighted by molar-refractivity contribution is 7.92. The highest BCUT2D eigenvalue weighted by Gasteiger charge is 2.29. The third-order valence-corrected chi connectivity index (χ3v) is 6.28. The van der Waals surface area contributed by atoms with Crippen molar-refractivity contribution in [2.45, 2.75) is 33.4 Å². The quantitative estimate of drug-likeness (QED) is 0.670. The molecule has 0 radical (unpaired) electrons. The lowest BCUT2D eigenvalue weighted by molar-refractivity contribution is -0.139. The van der Waals surface area contributed by atoms with Crippen LogP contribution in [-0.2, 0) is 26.2 Å². The van der Waals surface area contributed by atoms with Crippen LogP contribution in [0, 0.1) is 19.7 Å².